The van der Waals surface area contributed by atoms with Gasteiger partial charge in [-0.05, 0) is 55.0 Å². The van der Waals surface area contributed by atoms with Crippen LogP contribution in [0.2, 0.25) is 10.0 Å². The van der Waals surface area contributed by atoms with Crippen LogP contribution in [0.1, 0.15) is 37.8 Å². The largest absolute Gasteiger partial charge is 0.455 e. The van der Waals surface area contributed by atoms with Gasteiger partial charge in [-0.3, -0.25) is 4.79 Å². The highest BCUT2D eigenvalue weighted by atomic mass is 79.9. The summed E-state index contributed by atoms with van der Waals surface area (Å²) in [7, 11) is 0. The van der Waals surface area contributed by atoms with Gasteiger partial charge in [-0.2, -0.15) is 9.78 Å². The van der Waals surface area contributed by atoms with Gasteiger partial charge in [0.1, 0.15) is 17.3 Å². The van der Waals surface area contributed by atoms with E-state index < -0.39 is 0 Å². The molecule has 4 rings (SSSR count). The number of rotatable bonds is 5. The van der Waals surface area contributed by atoms with E-state index in [1.54, 1.807) is 36.4 Å². The molecule has 2 aromatic heterocycles. The summed E-state index contributed by atoms with van der Waals surface area (Å²) >= 11 is 15.7. The van der Waals surface area contributed by atoms with Crippen LogP contribution in [0.3, 0.4) is 0 Å². The summed E-state index contributed by atoms with van der Waals surface area (Å²) < 4.78 is 8.02. The van der Waals surface area contributed by atoms with Crippen molar-refractivity contribution in [2.75, 3.05) is 0 Å². The molecule has 0 aliphatic heterocycles. The normalized spacial score (nSPS) is 12.7. The standard InChI is InChI=1S/C23H18BrCl2N3O2/c1-3-13(2)22-28-20-8-4-14(24)10-18(20)23(30)29(22)27-12-16-6-9-21(31-16)17-7-5-15(25)11-19(17)26/h4-13H,3H2,1-2H3/t13-/m1/s1. The fourth-order valence-corrected chi connectivity index (χ4v) is 4.01. The van der Waals surface area contributed by atoms with E-state index in [4.69, 9.17) is 32.6 Å². The molecule has 0 aliphatic rings. The van der Waals surface area contributed by atoms with E-state index in [2.05, 4.69) is 21.0 Å². The van der Waals surface area contributed by atoms with Crippen LogP contribution >= 0.6 is 39.1 Å². The fourth-order valence-electron chi connectivity index (χ4n) is 3.15. The minimum Gasteiger partial charge on any atom is -0.455 e. The van der Waals surface area contributed by atoms with Gasteiger partial charge in [-0.25, -0.2) is 4.98 Å². The maximum absolute atomic E-state index is 13.2. The highest BCUT2D eigenvalue weighted by Gasteiger charge is 2.16. The Morgan fingerprint density at radius 1 is 1.19 bits per heavy atom. The van der Waals surface area contributed by atoms with Crippen LogP contribution < -0.4 is 5.56 Å². The van der Waals surface area contributed by atoms with Gasteiger partial charge in [0, 0.05) is 21.0 Å². The first kappa shape index (κ1) is 21.8. The van der Waals surface area contributed by atoms with Crippen molar-refractivity contribution in [1.29, 1.82) is 0 Å². The average molecular weight is 519 g/mol. The predicted molar refractivity (Wildman–Crippen MR) is 130 cm³/mol. The maximum atomic E-state index is 13.2. The van der Waals surface area contributed by atoms with E-state index >= 15 is 0 Å². The van der Waals surface area contributed by atoms with Gasteiger partial charge in [0.15, 0.2) is 0 Å². The first-order chi connectivity index (χ1) is 14.9. The van der Waals surface area contributed by atoms with Crippen LogP contribution in [-0.4, -0.2) is 15.9 Å². The molecule has 0 unspecified atom stereocenters. The van der Waals surface area contributed by atoms with Gasteiger partial charge in [0.2, 0.25) is 0 Å². The fraction of sp³-hybridized carbons (Fsp3) is 0.174. The van der Waals surface area contributed by atoms with E-state index in [0.717, 1.165) is 16.5 Å². The molecular formula is C23H18BrCl2N3O2. The molecule has 5 nitrogen and oxygen atoms in total. The Morgan fingerprint density at radius 3 is 2.74 bits per heavy atom. The van der Waals surface area contributed by atoms with Crippen LogP contribution in [0.15, 0.2) is 67.3 Å². The van der Waals surface area contributed by atoms with Crippen LogP contribution in [-0.2, 0) is 0 Å². The number of benzene rings is 2. The molecule has 0 bridgehead atoms. The Morgan fingerprint density at radius 2 is 2.00 bits per heavy atom. The molecule has 0 radical (unpaired) electrons. The quantitative estimate of drug-likeness (QED) is 0.264. The summed E-state index contributed by atoms with van der Waals surface area (Å²) in [5.41, 5.74) is 1.14. The van der Waals surface area contributed by atoms with Gasteiger partial charge in [-0.1, -0.05) is 53.0 Å². The zero-order valence-corrected chi connectivity index (χ0v) is 19.9. The summed E-state index contributed by atoms with van der Waals surface area (Å²) in [6.07, 6.45) is 2.33. The predicted octanol–water partition coefficient (Wildman–Crippen LogP) is 7.12. The van der Waals surface area contributed by atoms with Crippen molar-refractivity contribution in [3.05, 3.63) is 85.0 Å². The minimum atomic E-state index is -0.231. The molecule has 0 saturated heterocycles. The van der Waals surface area contributed by atoms with Crippen molar-refractivity contribution in [2.24, 2.45) is 5.10 Å². The van der Waals surface area contributed by atoms with Gasteiger partial charge in [0.25, 0.3) is 5.56 Å². The number of fused-ring (bicyclic) bond motifs is 1. The van der Waals surface area contributed by atoms with Gasteiger partial charge >= 0.3 is 0 Å². The van der Waals surface area contributed by atoms with Gasteiger partial charge in [-0.15, -0.1) is 0 Å². The molecule has 0 saturated carbocycles. The second kappa shape index (κ2) is 8.99. The highest BCUT2D eigenvalue weighted by Crippen LogP contribution is 2.31. The molecular weight excluding hydrogens is 501 g/mol. The lowest BCUT2D eigenvalue weighted by Crippen LogP contribution is -2.23. The monoisotopic (exact) mass is 517 g/mol. The van der Waals surface area contributed by atoms with Crippen molar-refractivity contribution < 1.29 is 4.42 Å². The van der Waals surface area contributed by atoms with Crippen molar-refractivity contribution in [1.82, 2.24) is 9.66 Å². The number of aromatic nitrogens is 2. The number of hydrogen-bond acceptors (Lipinski definition) is 4. The van der Waals surface area contributed by atoms with E-state index in [9.17, 15) is 4.79 Å². The minimum absolute atomic E-state index is 0.0536. The van der Waals surface area contributed by atoms with Gasteiger partial charge in [0.05, 0.1) is 22.1 Å². The Labute approximate surface area is 197 Å². The summed E-state index contributed by atoms with van der Waals surface area (Å²) in [6.45, 7) is 4.07. The summed E-state index contributed by atoms with van der Waals surface area (Å²) in [6, 6.07) is 14.2. The lowest BCUT2D eigenvalue weighted by molar-refractivity contribution is 0.571. The summed E-state index contributed by atoms with van der Waals surface area (Å²) in [5, 5.41) is 5.96. The van der Waals surface area contributed by atoms with Gasteiger partial charge < -0.3 is 4.42 Å². The lowest BCUT2D eigenvalue weighted by Gasteiger charge is -2.13. The molecule has 2 heterocycles. The van der Waals surface area contributed by atoms with Crippen molar-refractivity contribution in [3.8, 4) is 11.3 Å². The molecule has 0 fully saturated rings. The highest BCUT2D eigenvalue weighted by molar-refractivity contribution is 9.10. The zero-order chi connectivity index (χ0) is 22.1. The number of hydrogen-bond donors (Lipinski definition) is 0. The molecule has 8 heteroatoms. The molecule has 158 valence electrons. The van der Waals surface area contributed by atoms with Crippen LogP contribution in [0, 0.1) is 0 Å². The third-order valence-electron chi connectivity index (χ3n) is 5.01. The van der Waals surface area contributed by atoms with E-state index in [1.165, 1.54) is 10.9 Å². The summed E-state index contributed by atoms with van der Waals surface area (Å²) in [4.78, 5) is 17.9. The Bertz CT molecular complexity index is 1360. The molecule has 0 N–H and O–H groups in total. The van der Waals surface area contributed by atoms with Crippen LogP contribution in [0.25, 0.3) is 22.2 Å². The van der Waals surface area contributed by atoms with Crippen molar-refractivity contribution >= 4 is 56.2 Å². The second-order valence-electron chi connectivity index (χ2n) is 7.13. The second-order valence-corrected chi connectivity index (χ2v) is 8.89. The third-order valence-corrected chi connectivity index (χ3v) is 6.05. The lowest BCUT2D eigenvalue weighted by atomic mass is 10.1. The Balaban J connectivity index is 1.76. The molecule has 0 aliphatic carbocycles. The maximum Gasteiger partial charge on any atom is 0.282 e. The zero-order valence-electron chi connectivity index (χ0n) is 16.8. The average Bonchev–Trinajstić information content (AvgIpc) is 3.21. The first-order valence-electron chi connectivity index (χ1n) is 9.69. The van der Waals surface area contributed by atoms with E-state index in [0.29, 0.717) is 38.3 Å². The number of nitrogens with zero attached hydrogens (tertiary/aromatic N) is 3. The number of halogens is 3. The van der Waals surface area contributed by atoms with Crippen molar-refractivity contribution in [3.63, 3.8) is 0 Å². The van der Waals surface area contributed by atoms with Crippen molar-refractivity contribution in [2.45, 2.75) is 26.2 Å². The van der Waals surface area contributed by atoms with E-state index in [1.807, 2.05) is 26.0 Å². The molecule has 2 aromatic carbocycles. The van der Waals surface area contributed by atoms with Crippen LogP contribution in [0.5, 0.6) is 0 Å². The van der Waals surface area contributed by atoms with E-state index in [-0.39, 0.29) is 11.5 Å². The SMILES string of the molecule is CC[C@@H](C)c1nc2ccc(Br)cc2c(=O)n1N=Cc1ccc(-c2ccc(Cl)cc2Cl)o1. The third kappa shape index (κ3) is 4.47. The summed E-state index contributed by atoms with van der Waals surface area (Å²) in [5.74, 6) is 1.72. The molecule has 4 aromatic rings. The topological polar surface area (TPSA) is 60.4 Å². The number of furan rings is 1. The Hall–Kier alpha value is -2.41. The molecule has 0 spiro atoms. The Kier molecular flexibility index (Phi) is 6.32. The van der Waals surface area contributed by atoms with Crippen LogP contribution in [0.4, 0.5) is 0 Å². The smallest absolute Gasteiger partial charge is 0.282 e. The first-order valence-corrected chi connectivity index (χ1v) is 11.2. The molecule has 31 heavy (non-hydrogen) atoms. The molecule has 1 atom stereocenters. The molecule has 0 amide bonds.